The van der Waals surface area contributed by atoms with Gasteiger partial charge < -0.3 is 26.0 Å². The first-order chi connectivity index (χ1) is 18.6. The van der Waals surface area contributed by atoms with E-state index in [9.17, 15) is 15.3 Å². The van der Waals surface area contributed by atoms with Gasteiger partial charge in [-0.05, 0) is 42.4 Å². The van der Waals surface area contributed by atoms with E-state index >= 15 is 0 Å². The van der Waals surface area contributed by atoms with Crippen LogP contribution in [0.25, 0.3) is 20.8 Å². The zero-order valence-corrected chi connectivity index (χ0v) is 23.5. The first kappa shape index (κ1) is 27.4. The highest BCUT2D eigenvalue weighted by Gasteiger charge is 2.41. The second-order valence-electron chi connectivity index (χ2n) is 11.3. The van der Waals surface area contributed by atoms with E-state index in [0.29, 0.717) is 24.7 Å². The van der Waals surface area contributed by atoms with Crippen LogP contribution in [-0.4, -0.2) is 66.7 Å². The third-order valence-electron chi connectivity index (χ3n) is 7.37. The van der Waals surface area contributed by atoms with Crippen molar-refractivity contribution < 1.29 is 15.3 Å². The molecule has 4 atom stereocenters. The topological polar surface area (TPSA) is 136 Å². The monoisotopic (exact) mass is 548 g/mol. The van der Waals surface area contributed by atoms with Crippen molar-refractivity contribution in [1.82, 2.24) is 19.9 Å². The molecule has 1 aromatic carbocycles. The van der Waals surface area contributed by atoms with E-state index < -0.39 is 24.2 Å². The fraction of sp³-hybridized carbons (Fsp3) is 0.448. The molecule has 3 aromatic heterocycles. The molecule has 1 aliphatic rings. The van der Waals surface area contributed by atoms with E-state index in [1.807, 2.05) is 13.0 Å². The van der Waals surface area contributed by atoms with Crippen molar-refractivity contribution in [1.29, 1.82) is 0 Å². The van der Waals surface area contributed by atoms with Gasteiger partial charge in [0.15, 0.2) is 0 Å². The standard InChI is InChI=1S/C29H36N6O3S/c1-16-23(27-34-21-14-30-11-10-22(21)39-27)26(33-20-13-18(15-36)24(37)25(20)38)35-28(32-16)31-12-9-17-5-7-19(8-6-17)29(2,3)4/h5-8,10-11,14,18,20,24-25,36-38H,9,12-13,15H2,1-4H3,(H2,31,32,33,35). The number of thiazole rings is 1. The third-order valence-corrected chi connectivity index (χ3v) is 8.42. The predicted molar refractivity (Wildman–Crippen MR) is 155 cm³/mol. The maximum atomic E-state index is 10.7. The van der Waals surface area contributed by atoms with E-state index in [4.69, 9.17) is 15.0 Å². The van der Waals surface area contributed by atoms with E-state index in [1.165, 1.54) is 22.5 Å². The van der Waals surface area contributed by atoms with Gasteiger partial charge in [-0.1, -0.05) is 45.0 Å². The third kappa shape index (κ3) is 5.89. The van der Waals surface area contributed by atoms with Gasteiger partial charge in [0.2, 0.25) is 5.95 Å². The number of fused-ring (bicyclic) bond motifs is 1. The molecule has 206 valence electrons. The summed E-state index contributed by atoms with van der Waals surface area (Å²) >= 11 is 1.52. The number of nitrogens with zero attached hydrogens (tertiary/aromatic N) is 4. The van der Waals surface area contributed by atoms with Crippen LogP contribution in [0.1, 0.15) is 44.0 Å². The van der Waals surface area contributed by atoms with Crippen LogP contribution in [0.5, 0.6) is 0 Å². The van der Waals surface area contributed by atoms with Crippen LogP contribution in [0, 0.1) is 12.8 Å². The molecule has 5 N–H and O–H groups in total. The normalized spacial score (nSPS) is 21.4. The summed E-state index contributed by atoms with van der Waals surface area (Å²) in [5.74, 6) is 0.598. The number of rotatable bonds is 8. The van der Waals surface area contributed by atoms with Crippen molar-refractivity contribution >= 4 is 33.3 Å². The summed E-state index contributed by atoms with van der Waals surface area (Å²) in [6, 6.07) is 10.1. The number of nitrogens with one attached hydrogen (secondary N) is 2. The molecule has 3 heterocycles. The van der Waals surface area contributed by atoms with Crippen LogP contribution in [-0.2, 0) is 11.8 Å². The van der Waals surface area contributed by atoms with Crippen molar-refractivity contribution in [2.45, 2.75) is 64.2 Å². The van der Waals surface area contributed by atoms with Gasteiger partial charge in [0.1, 0.15) is 22.4 Å². The molecule has 0 saturated heterocycles. The molecule has 0 spiro atoms. The molecule has 9 nitrogen and oxygen atoms in total. The number of hydrogen-bond donors (Lipinski definition) is 5. The molecule has 0 aliphatic heterocycles. The lowest BCUT2D eigenvalue weighted by Crippen LogP contribution is -2.35. The molecule has 0 radical (unpaired) electrons. The van der Waals surface area contributed by atoms with Crippen molar-refractivity contribution in [3.8, 4) is 10.6 Å². The molecule has 1 saturated carbocycles. The highest BCUT2D eigenvalue weighted by atomic mass is 32.1. The van der Waals surface area contributed by atoms with Gasteiger partial charge in [-0.2, -0.15) is 4.98 Å². The summed E-state index contributed by atoms with van der Waals surface area (Å²) < 4.78 is 1.00. The first-order valence-electron chi connectivity index (χ1n) is 13.3. The molecular weight excluding hydrogens is 512 g/mol. The van der Waals surface area contributed by atoms with Gasteiger partial charge in [-0.25, -0.2) is 9.97 Å². The van der Waals surface area contributed by atoms with E-state index in [0.717, 1.165) is 32.9 Å². The average Bonchev–Trinajstić information content (AvgIpc) is 3.44. The second kappa shape index (κ2) is 11.1. The average molecular weight is 549 g/mol. The quantitative estimate of drug-likeness (QED) is 0.222. The van der Waals surface area contributed by atoms with Crippen LogP contribution in [0.3, 0.4) is 0 Å². The minimum Gasteiger partial charge on any atom is -0.396 e. The Labute approximate surface area is 232 Å². The number of aliphatic hydroxyl groups is 3. The molecule has 10 heteroatoms. The van der Waals surface area contributed by atoms with Crippen LogP contribution >= 0.6 is 11.3 Å². The lowest BCUT2D eigenvalue weighted by Gasteiger charge is -2.21. The highest BCUT2D eigenvalue weighted by Crippen LogP contribution is 2.38. The minimum absolute atomic E-state index is 0.118. The van der Waals surface area contributed by atoms with Crippen LogP contribution in [0.4, 0.5) is 11.8 Å². The lowest BCUT2D eigenvalue weighted by atomic mass is 9.86. The fourth-order valence-electron chi connectivity index (χ4n) is 5.01. The van der Waals surface area contributed by atoms with Crippen molar-refractivity contribution in [2.24, 2.45) is 5.92 Å². The van der Waals surface area contributed by atoms with Gasteiger partial charge in [0.05, 0.1) is 34.3 Å². The molecule has 5 rings (SSSR count). The number of pyridine rings is 1. The van der Waals surface area contributed by atoms with Crippen molar-refractivity contribution in [3.63, 3.8) is 0 Å². The highest BCUT2D eigenvalue weighted by molar-refractivity contribution is 7.21. The first-order valence-corrected chi connectivity index (χ1v) is 14.1. The Hall–Kier alpha value is -3.18. The smallest absolute Gasteiger partial charge is 0.224 e. The fourth-order valence-corrected chi connectivity index (χ4v) is 6.04. The molecule has 39 heavy (non-hydrogen) atoms. The van der Waals surface area contributed by atoms with Crippen molar-refractivity contribution in [2.75, 3.05) is 23.8 Å². The summed E-state index contributed by atoms with van der Waals surface area (Å²) in [5.41, 5.74) is 4.92. The number of aryl methyl sites for hydroxylation is 1. The molecule has 0 amide bonds. The van der Waals surface area contributed by atoms with Gasteiger partial charge in [0.25, 0.3) is 0 Å². The SMILES string of the molecule is Cc1nc(NCCc2ccc(C(C)(C)C)cc2)nc(NC2CC(CO)C(O)C2O)c1-c1nc2cnccc2s1. The number of aliphatic hydroxyl groups excluding tert-OH is 3. The Morgan fingerprint density at radius 1 is 1.03 bits per heavy atom. The Bertz CT molecular complexity index is 1400. The molecule has 1 aliphatic carbocycles. The van der Waals surface area contributed by atoms with E-state index in [-0.39, 0.29) is 12.0 Å². The zero-order chi connectivity index (χ0) is 27.7. The second-order valence-corrected chi connectivity index (χ2v) is 12.3. The summed E-state index contributed by atoms with van der Waals surface area (Å²) in [5, 5.41) is 38.1. The van der Waals surface area contributed by atoms with Crippen LogP contribution < -0.4 is 10.6 Å². The van der Waals surface area contributed by atoms with Gasteiger partial charge in [-0.15, -0.1) is 11.3 Å². The minimum atomic E-state index is -1.03. The Kier molecular flexibility index (Phi) is 7.82. The maximum Gasteiger partial charge on any atom is 0.224 e. The molecule has 1 fully saturated rings. The molecule has 4 unspecified atom stereocenters. The van der Waals surface area contributed by atoms with Crippen molar-refractivity contribution in [3.05, 3.63) is 59.5 Å². The van der Waals surface area contributed by atoms with Gasteiger partial charge in [0, 0.05) is 25.3 Å². The van der Waals surface area contributed by atoms with Gasteiger partial charge in [-0.3, -0.25) is 4.98 Å². The van der Waals surface area contributed by atoms with Crippen LogP contribution in [0.2, 0.25) is 0 Å². The summed E-state index contributed by atoms with van der Waals surface area (Å²) in [7, 11) is 0. The number of aromatic nitrogens is 4. The molecular formula is C29H36N6O3S. The summed E-state index contributed by atoms with van der Waals surface area (Å²) in [6.07, 6.45) is 2.66. The number of hydrogen-bond acceptors (Lipinski definition) is 10. The lowest BCUT2D eigenvalue weighted by molar-refractivity contribution is 0.00446. The molecule has 0 bridgehead atoms. The largest absolute Gasteiger partial charge is 0.396 e. The van der Waals surface area contributed by atoms with E-state index in [2.05, 4.69) is 60.7 Å². The number of anilines is 2. The summed E-state index contributed by atoms with van der Waals surface area (Å²) in [4.78, 5) is 18.5. The van der Waals surface area contributed by atoms with E-state index in [1.54, 1.807) is 12.4 Å². The maximum absolute atomic E-state index is 10.7. The predicted octanol–water partition coefficient (Wildman–Crippen LogP) is 3.92. The Morgan fingerprint density at radius 2 is 1.79 bits per heavy atom. The Morgan fingerprint density at radius 3 is 2.46 bits per heavy atom. The number of benzene rings is 1. The zero-order valence-electron chi connectivity index (χ0n) is 22.7. The summed E-state index contributed by atoms with van der Waals surface area (Å²) in [6.45, 7) is 8.99. The Balaban J connectivity index is 1.40. The molecule has 4 aromatic rings. The van der Waals surface area contributed by atoms with Crippen LogP contribution in [0.15, 0.2) is 42.7 Å². The van der Waals surface area contributed by atoms with Gasteiger partial charge >= 0.3 is 0 Å².